The van der Waals surface area contributed by atoms with E-state index in [9.17, 15) is 18.0 Å². The minimum absolute atomic E-state index is 0.0204. The summed E-state index contributed by atoms with van der Waals surface area (Å²) >= 11 is 0. The van der Waals surface area contributed by atoms with Crippen LogP contribution < -0.4 is 0 Å². The minimum Gasteiger partial charge on any atom is -0.373 e. The van der Waals surface area contributed by atoms with Gasteiger partial charge in [-0.2, -0.15) is 13.2 Å². The third-order valence-corrected chi connectivity index (χ3v) is 5.99. The van der Waals surface area contributed by atoms with Gasteiger partial charge in [-0.05, 0) is 18.9 Å². The topological polar surface area (TPSA) is 77.4 Å². The van der Waals surface area contributed by atoms with Crippen molar-refractivity contribution in [2.45, 2.75) is 62.4 Å². The average Bonchev–Trinajstić information content (AvgIpc) is 3.24. The van der Waals surface area contributed by atoms with Gasteiger partial charge in [0.2, 0.25) is 0 Å². The molecule has 30 heavy (non-hydrogen) atoms. The van der Waals surface area contributed by atoms with E-state index in [1.165, 1.54) is 12.1 Å². The van der Waals surface area contributed by atoms with Crippen LogP contribution in [0.2, 0.25) is 0 Å². The fourth-order valence-corrected chi connectivity index (χ4v) is 4.57. The zero-order valence-electron chi connectivity index (χ0n) is 15.9. The number of hydrogen-bond acceptors (Lipinski definition) is 6. The Labute approximate surface area is 170 Å². The van der Waals surface area contributed by atoms with Crippen LogP contribution in [0, 0.1) is 0 Å². The van der Waals surface area contributed by atoms with Crippen molar-refractivity contribution in [3.05, 3.63) is 53.9 Å². The number of pyridine rings is 1. The van der Waals surface area contributed by atoms with Crippen molar-refractivity contribution in [3.63, 3.8) is 0 Å². The van der Waals surface area contributed by atoms with Crippen molar-refractivity contribution >= 4 is 5.91 Å². The Morgan fingerprint density at radius 1 is 1.20 bits per heavy atom. The van der Waals surface area contributed by atoms with E-state index >= 15 is 0 Å². The van der Waals surface area contributed by atoms with Gasteiger partial charge in [-0.1, -0.05) is 6.07 Å². The van der Waals surface area contributed by atoms with Crippen LogP contribution in [-0.2, 0) is 27.1 Å². The van der Waals surface area contributed by atoms with Gasteiger partial charge < -0.3 is 14.4 Å². The predicted molar refractivity (Wildman–Crippen MR) is 95.5 cm³/mol. The van der Waals surface area contributed by atoms with Gasteiger partial charge in [0.1, 0.15) is 11.9 Å². The van der Waals surface area contributed by atoms with Crippen molar-refractivity contribution in [2.75, 3.05) is 0 Å². The van der Waals surface area contributed by atoms with E-state index in [-0.39, 0.29) is 36.5 Å². The van der Waals surface area contributed by atoms with Crippen LogP contribution in [0.1, 0.15) is 48.7 Å². The molecule has 4 heterocycles. The summed E-state index contributed by atoms with van der Waals surface area (Å²) in [5, 5.41) is 0. The number of fused-ring (bicyclic) bond motifs is 1. The molecule has 0 radical (unpaired) electrons. The molecule has 3 fully saturated rings. The third-order valence-electron chi connectivity index (χ3n) is 5.99. The molecule has 2 atom stereocenters. The molecule has 158 valence electrons. The monoisotopic (exact) mass is 420 g/mol. The molecule has 3 aliphatic rings. The largest absolute Gasteiger partial charge is 0.433 e. The Kier molecular flexibility index (Phi) is 4.51. The van der Waals surface area contributed by atoms with Gasteiger partial charge in [0, 0.05) is 37.0 Å². The highest BCUT2D eigenvalue weighted by Crippen LogP contribution is 2.51. The summed E-state index contributed by atoms with van der Waals surface area (Å²) in [5.74, 6) is -0.0992. The van der Waals surface area contributed by atoms with Crippen LogP contribution in [0.5, 0.6) is 0 Å². The van der Waals surface area contributed by atoms with E-state index < -0.39 is 17.5 Å². The second-order valence-electron chi connectivity index (χ2n) is 7.85. The molecule has 0 aromatic carbocycles. The van der Waals surface area contributed by atoms with E-state index in [1.54, 1.807) is 23.5 Å². The lowest BCUT2D eigenvalue weighted by molar-refractivity contribution is -0.178. The van der Waals surface area contributed by atoms with Gasteiger partial charge in [-0.15, -0.1) is 0 Å². The van der Waals surface area contributed by atoms with E-state index in [0.717, 1.165) is 18.3 Å². The molecular formula is C20H19F3N4O3. The molecule has 2 aromatic rings. The maximum Gasteiger partial charge on any atom is 0.433 e. The van der Waals surface area contributed by atoms with Crippen molar-refractivity contribution in [1.82, 2.24) is 19.9 Å². The number of carbonyl (C=O) groups is 1. The lowest BCUT2D eigenvalue weighted by Crippen LogP contribution is -2.54. The minimum atomic E-state index is -4.54. The van der Waals surface area contributed by atoms with Gasteiger partial charge in [0.15, 0.2) is 5.60 Å². The Balaban J connectivity index is 1.23. The van der Waals surface area contributed by atoms with E-state index in [2.05, 4.69) is 15.0 Å². The summed E-state index contributed by atoms with van der Waals surface area (Å²) in [6, 6.07) is 2.63. The van der Waals surface area contributed by atoms with Crippen LogP contribution in [0.4, 0.5) is 13.2 Å². The molecule has 0 N–H and O–H groups in total. The zero-order chi connectivity index (χ0) is 20.9. The van der Waals surface area contributed by atoms with Gasteiger partial charge in [-0.25, -0.2) is 0 Å². The molecule has 0 unspecified atom stereocenters. The van der Waals surface area contributed by atoms with Crippen molar-refractivity contribution in [2.24, 2.45) is 0 Å². The summed E-state index contributed by atoms with van der Waals surface area (Å²) in [5.41, 5.74) is -1.18. The van der Waals surface area contributed by atoms with Crippen LogP contribution in [0.25, 0.3) is 0 Å². The summed E-state index contributed by atoms with van der Waals surface area (Å²) < 4.78 is 51.0. The summed E-state index contributed by atoms with van der Waals surface area (Å²) in [4.78, 5) is 26.7. The standard InChI is InChI=1S/C20H19F3N4O3/c21-20(22,23)17-12(2-1-5-26-17)11-29-13-8-19(9-13)18(28)27-15(3-4-16(27)30-19)14-10-24-6-7-25-14/h1-2,5-7,10,13,15-16H,3-4,8-9,11H2/t13?,15-,16+,19?/m0/s1. The normalized spacial score (nSPS) is 30.6. The van der Waals surface area contributed by atoms with Crippen LogP contribution in [-0.4, -0.2) is 43.7 Å². The molecule has 2 saturated heterocycles. The Hall–Kier alpha value is -2.59. The molecule has 0 bridgehead atoms. The predicted octanol–water partition coefficient (Wildman–Crippen LogP) is 3.03. The number of hydrogen-bond donors (Lipinski definition) is 0. The quantitative estimate of drug-likeness (QED) is 0.757. The van der Waals surface area contributed by atoms with Crippen molar-refractivity contribution in [3.8, 4) is 0 Å². The van der Waals surface area contributed by atoms with Crippen LogP contribution in [0.3, 0.4) is 0 Å². The summed E-state index contributed by atoms with van der Waals surface area (Å²) in [6.07, 6.45) is 2.89. The van der Waals surface area contributed by atoms with E-state index in [0.29, 0.717) is 19.3 Å². The van der Waals surface area contributed by atoms with Crippen LogP contribution in [0.15, 0.2) is 36.9 Å². The highest BCUT2D eigenvalue weighted by atomic mass is 19.4. The maximum atomic E-state index is 13.1. The Morgan fingerprint density at radius 2 is 2.03 bits per heavy atom. The molecule has 5 rings (SSSR count). The summed E-state index contributed by atoms with van der Waals surface area (Å²) in [6.45, 7) is -0.215. The number of ether oxygens (including phenoxy) is 2. The van der Waals surface area contributed by atoms with Gasteiger partial charge in [-0.3, -0.25) is 19.7 Å². The average molecular weight is 420 g/mol. The van der Waals surface area contributed by atoms with Gasteiger partial charge >= 0.3 is 6.18 Å². The number of nitrogens with zero attached hydrogens (tertiary/aromatic N) is 4. The zero-order valence-corrected chi connectivity index (χ0v) is 15.9. The molecule has 1 amide bonds. The number of aromatic nitrogens is 3. The van der Waals surface area contributed by atoms with E-state index in [4.69, 9.17) is 9.47 Å². The first-order valence-electron chi connectivity index (χ1n) is 9.76. The number of carbonyl (C=O) groups excluding carboxylic acids is 1. The Bertz CT molecular complexity index is 950. The fourth-order valence-electron chi connectivity index (χ4n) is 4.57. The second kappa shape index (κ2) is 6.98. The lowest BCUT2D eigenvalue weighted by Gasteiger charge is -2.42. The molecule has 2 aromatic heterocycles. The number of halogens is 3. The lowest BCUT2D eigenvalue weighted by atomic mass is 9.76. The first kappa shape index (κ1) is 19.4. The highest BCUT2D eigenvalue weighted by Gasteiger charge is 2.63. The smallest absolute Gasteiger partial charge is 0.373 e. The molecule has 7 nitrogen and oxygen atoms in total. The van der Waals surface area contributed by atoms with Gasteiger partial charge in [0.05, 0.1) is 30.6 Å². The van der Waals surface area contributed by atoms with Crippen molar-refractivity contribution < 1.29 is 27.4 Å². The molecular weight excluding hydrogens is 401 g/mol. The molecule has 10 heteroatoms. The first-order valence-corrected chi connectivity index (χ1v) is 9.76. The molecule has 1 aliphatic carbocycles. The SMILES string of the molecule is O=C1N2[C@@H](CC[C@H]2c2cnccn2)OC12CC(OCc1cccnc1C(F)(F)F)C2. The molecule has 2 aliphatic heterocycles. The fraction of sp³-hybridized carbons (Fsp3) is 0.500. The molecule has 1 spiro atoms. The van der Waals surface area contributed by atoms with Crippen LogP contribution >= 0.6 is 0 Å². The van der Waals surface area contributed by atoms with Gasteiger partial charge in [0.25, 0.3) is 5.91 Å². The number of amides is 1. The van der Waals surface area contributed by atoms with E-state index in [1.807, 2.05) is 0 Å². The summed E-state index contributed by atoms with van der Waals surface area (Å²) in [7, 11) is 0. The maximum absolute atomic E-state index is 13.1. The molecule has 1 saturated carbocycles. The second-order valence-corrected chi connectivity index (χ2v) is 7.85. The first-order chi connectivity index (χ1) is 14.4. The highest BCUT2D eigenvalue weighted by molar-refractivity contribution is 5.89. The third kappa shape index (κ3) is 3.14. The number of rotatable bonds is 4. The Morgan fingerprint density at radius 3 is 2.77 bits per heavy atom. The number of alkyl halides is 3. The van der Waals surface area contributed by atoms with Crippen molar-refractivity contribution in [1.29, 1.82) is 0 Å².